The van der Waals surface area contributed by atoms with Crippen LogP contribution < -0.4 is 0 Å². The Hall–Kier alpha value is -1.24. The fourth-order valence-electron chi connectivity index (χ4n) is 2.80. The largest absolute Gasteiger partial charge is 0.395 e. The van der Waals surface area contributed by atoms with E-state index < -0.39 is 18.9 Å². The fraction of sp³-hybridized carbons (Fsp3) is 0.857. The first kappa shape index (κ1) is 16.1. The van der Waals surface area contributed by atoms with Crippen LogP contribution in [0.2, 0.25) is 0 Å². The van der Waals surface area contributed by atoms with E-state index in [0.29, 0.717) is 19.5 Å². The normalized spacial score (nSPS) is 22.5. The first-order chi connectivity index (χ1) is 10.0. The van der Waals surface area contributed by atoms with Gasteiger partial charge in [-0.1, -0.05) is 0 Å². The quantitative estimate of drug-likeness (QED) is 0.786. The Balaban J connectivity index is 1.94. The highest BCUT2D eigenvalue weighted by Crippen LogP contribution is 2.32. The maximum atomic E-state index is 12.5. The molecule has 2 aliphatic rings. The molecule has 1 atom stereocenters. The Morgan fingerprint density at radius 2 is 1.95 bits per heavy atom. The summed E-state index contributed by atoms with van der Waals surface area (Å²) in [4.78, 5) is 27.1. The van der Waals surface area contributed by atoms with E-state index in [-0.39, 0.29) is 30.9 Å². The van der Waals surface area contributed by atoms with Gasteiger partial charge in [0.25, 0.3) is 6.43 Å². The molecule has 1 saturated heterocycles. The third kappa shape index (κ3) is 4.36. The van der Waals surface area contributed by atoms with Crippen LogP contribution in [0.25, 0.3) is 0 Å². The van der Waals surface area contributed by atoms with Gasteiger partial charge >= 0.3 is 0 Å². The van der Waals surface area contributed by atoms with E-state index >= 15 is 0 Å². The summed E-state index contributed by atoms with van der Waals surface area (Å²) in [5, 5.41) is 8.91. The van der Waals surface area contributed by atoms with E-state index in [0.717, 1.165) is 24.2 Å². The van der Waals surface area contributed by atoms with Crippen molar-refractivity contribution in [2.24, 2.45) is 11.8 Å². The number of carbonyl (C=O) groups is 2. The molecular formula is C14H22F2N2O3. The van der Waals surface area contributed by atoms with Gasteiger partial charge < -0.3 is 14.9 Å². The van der Waals surface area contributed by atoms with Gasteiger partial charge in [0.2, 0.25) is 11.8 Å². The number of amides is 2. The summed E-state index contributed by atoms with van der Waals surface area (Å²) in [6.07, 6.45) is 0.536. The molecule has 120 valence electrons. The smallest absolute Gasteiger partial charge is 0.255 e. The number of piperidine rings is 1. The molecule has 5 nitrogen and oxygen atoms in total. The highest BCUT2D eigenvalue weighted by molar-refractivity contribution is 5.83. The van der Waals surface area contributed by atoms with Crippen LogP contribution in [0, 0.1) is 11.8 Å². The highest BCUT2D eigenvalue weighted by Gasteiger charge is 2.37. The Bertz CT molecular complexity index is 388. The standard InChI is InChI=1S/C14H22F2N2O3/c15-12(16)9-18(6-7-19)14(21)11-2-1-5-17(8-11)13(20)10-3-4-10/h10-12,19H,1-9H2. The molecule has 0 spiro atoms. The fourth-order valence-corrected chi connectivity index (χ4v) is 2.80. The second kappa shape index (κ2) is 7.15. The zero-order valence-corrected chi connectivity index (χ0v) is 12.0. The highest BCUT2D eigenvalue weighted by atomic mass is 19.3. The van der Waals surface area contributed by atoms with Crippen LogP contribution in [0.5, 0.6) is 0 Å². The van der Waals surface area contributed by atoms with Gasteiger partial charge in [0.05, 0.1) is 19.1 Å². The van der Waals surface area contributed by atoms with Gasteiger partial charge in [0.15, 0.2) is 0 Å². The van der Waals surface area contributed by atoms with Crippen LogP contribution in [0.15, 0.2) is 0 Å². The minimum atomic E-state index is -2.62. The molecule has 1 heterocycles. The van der Waals surface area contributed by atoms with Crippen LogP contribution in [-0.2, 0) is 9.59 Å². The zero-order chi connectivity index (χ0) is 15.4. The maximum Gasteiger partial charge on any atom is 0.255 e. The molecule has 2 rings (SSSR count). The summed E-state index contributed by atoms with van der Waals surface area (Å²) in [6.45, 7) is -0.119. The molecule has 1 aliphatic carbocycles. The van der Waals surface area contributed by atoms with Crippen molar-refractivity contribution >= 4 is 11.8 Å². The van der Waals surface area contributed by atoms with Crippen LogP contribution in [0.4, 0.5) is 8.78 Å². The van der Waals surface area contributed by atoms with Gasteiger partial charge in [-0.05, 0) is 25.7 Å². The Morgan fingerprint density at radius 3 is 2.52 bits per heavy atom. The van der Waals surface area contributed by atoms with Gasteiger partial charge in [-0.3, -0.25) is 9.59 Å². The van der Waals surface area contributed by atoms with Gasteiger partial charge in [0, 0.05) is 25.6 Å². The molecule has 1 aliphatic heterocycles. The number of hydrogen-bond acceptors (Lipinski definition) is 3. The first-order valence-corrected chi connectivity index (χ1v) is 7.49. The van der Waals surface area contributed by atoms with E-state index in [1.165, 1.54) is 0 Å². The third-order valence-electron chi connectivity index (χ3n) is 4.05. The van der Waals surface area contributed by atoms with Crippen molar-refractivity contribution in [1.82, 2.24) is 9.80 Å². The lowest BCUT2D eigenvalue weighted by atomic mass is 9.96. The predicted molar refractivity (Wildman–Crippen MR) is 71.7 cm³/mol. The molecule has 1 unspecified atom stereocenters. The lowest BCUT2D eigenvalue weighted by molar-refractivity contribution is -0.143. The molecule has 21 heavy (non-hydrogen) atoms. The van der Waals surface area contributed by atoms with E-state index in [2.05, 4.69) is 0 Å². The molecular weight excluding hydrogens is 282 g/mol. The molecule has 1 N–H and O–H groups in total. The van der Waals surface area contributed by atoms with Crippen LogP contribution in [0.3, 0.4) is 0 Å². The average molecular weight is 304 g/mol. The second-order valence-corrected chi connectivity index (χ2v) is 5.80. The van der Waals surface area contributed by atoms with E-state index in [4.69, 9.17) is 5.11 Å². The molecule has 0 bridgehead atoms. The number of likely N-dealkylation sites (tertiary alicyclic amines) is 1. The summed E-state index contributed by atoms with van der Waals surface area (Å²) in [7, 11) is 0. The maximum absolute atomic E-state index is 12.5. The van der Waals surface area contributed by atoms with Crippen molar-refractivity contribution in [1.29, 1.82) is 0 Å². The second-order valence-electron chi connectivity index (χ2n) is 5.80. The molecule has 2 amide bonds. The molecule has 1 saturated carbocycles. The minimum Gasteiger partial charge on any atom is -0.395 e. The summed E-state index contributed by atoms with van der Waals surface area (Å²) in [6, 6.07) is 0. The Morgan fingerprint density at radius 1 is 1.24 bits per heavy atom. The molecule has 0 radical (unpaired) electrons. The predicted octanol–water partition coefficient (Wildman–Crippen LogP) is 0.721. The number of nitrogens with zero attached hydrogens (tertiary/aromatic N) is 2. The molecule has 0 aromatic rings. The van der Waals surface area contributed by atoms with Gasteiger partial charge in [-0.15, -0.1) is 0 Å². The third-order valence-corrected chi connectivity index (χ3v) is 4.05. The number of hydrogen-bond donors (Lipinski definition) is 1. The van der Waals surface area contributed by atoms with Crippen molar-refractivity contribution in [3.63, 3.8) is 0 Å². The van der Waals surface area contributed by atoms with E-state index in [1.807, 2.05) is 0 Å². The van der Waals surface area contributed by atoms with E-state index in [1.54, 1.807) is 4.90 Å². The van der Waals surface area contributed by atoms with Crippen LogP contribution in [-0.4, -0.2) is 65.9 Å². The lowest BCUT2D eigenvalue weighted by Crippen LogP contribution is -2.48. The number of aliphatic hydroxyl groups excluding tert-OH is 1. The molecule has 2 fully saturated rings. The van der Waals surface area contributed by atoms with E-state index in [9.17, 15) is 18.4 Å². The molecule has 0 aromatic heterocycles. The Labute approximate surface area is 122 Å². The number of halogens is 2. The van der Waals surface area contributed by atoms with Crippen molar-refractivity contribution in [3.8, 4) is 0 Å². The first-order valence-electron chi connectivity index (χ1n) is 7.49. The van der Waals surface area contributed by atoms with Crippen molar-refractivity contribution in [2.45, 2.75) is 32.1 Å². The lowest BCUT2D eigenvalue weighted by Gasteiger charge is -2.35. The SMILES string of the molecule is O=C(C1CCCN(C(=O)C2CC2)C1)N(CCO)CC(F)F. The zero-order valence-electron chi connectivity index (χ0n) is 12.0. The van der Waals surface area contributed by atoms with Crippen molar-refractivity contribution in [3.05, 3.63) is 0 Å². The van der Waals surface area contributed by atoms with Crippen molar-refractivity contribution < 1.29 is 23.5 Å². The Kier molecular flexibility index (Phi) is 5.50. The molecule has 0 aromatic carbocycles. The van der Waals surface area contributed by atoms with Crippen molar-refractivity contribution in [2.75, 3.05) is 32.8 Å². The molecule has 7 heteroatoms. The summed E-state index contributed by atoms with van der Waals surface area (Å²) in [5.41, 5.74) is 0. The van der Waals surface area contributed by atoms with Crippen LogP contribution >= 0.6 is 0 Å². The number of alkyl halides is 2. The van der Waals surface area contributed by atoms with Gasteiger partial charge in [0.1, 0.15) is 0 Å². The minimum absolute atomic E-state index is 0.0871. The topological polar surface area (TPSA) is 60.9 Å². The van der Waals surface area contributed by atoms with Gasteiger partial charge in [-0.2, -0.15) is 0 Å². The summed E-state index contributed by atoms with van der Waals surface area (Å²) < 4.78 is 25.0. The van der Waals surface area contributed by atoms with Gasteiger partial charge in [-0.25, -0.2) is 8.78 Å². The average Bonchev–Trinajstić information content (AvgIpc) is 3.29. The summed E-state index contributed by atoms with van der Waals surface area (Å²) >= 11 is 0. The van der Waals surface area contributed by atoms with Crippen LogP contribution in [0.1, 0.15) is 25.7 Å². The summed E-state index contributed by atoms with van der Waals surface area (Å²) in [5.74, 6) is -0.604. The monoisotopic (exact) mass is 304 g/mol. The number of carbonyl (C=O) groups excluding carboxylic acids is 2. The number of aliphatic hydroxyl groups is 1. The number of rotatable bonds is 6.